The van der Waals surface area contributed by atoms with Gasteiger partial charge < -0.3 is 4.90 Å². The van der Waals surface area contributed by atoms with Crippen LogP contribution in [0, 0.1) is 23.7 Å². The van der Waals surface area contributed by atoms with Crippen LogP contribution in [0.1, 0.15) is 280 Å². The molecule has 57 heavy (non-hydrogen) atoms. The first-order chi connectivity index (χ1) is 26.9. The van der Waals surface area contributed by atoms with Crippen LogP contribution in [0.3, 0.4) is 0 Å². The predicted octanol–water partition coefficient (Wildman–Crippen LogP) is 17.6. The molecule has 0 N–H and O–H groups in total. The van der Waals surface area contributed by atoms with E-state index in [2.05, 4.69) is 39.8 Å². The smallest absolute Gasteiger partial charge is 0.245 e. The van der Waals surface area contributed by atoms with Crippen molar-refractivity contribution < 1.29 is 9.63 Å². The average molecular weight is 807 g/mol. The van der Waals surface area contributed by atoms with E-state index < -0.39 is 0 Å². The van der Waals surface area contributed by atoms with Gasteiger partial charge in [0.05, 0.1) is 7.11 Å². The molecule has 0 bridgehead atoms. The summed E-state index contributed by atoms with van der Waals surface area (Å²) in [5.41, 5.74) is 0. The molecule has 0 saturated heterocycles. The summed E-state index contributed by atoms with van der Waals surface area (Å²) in [6, 6.07) is 0.824. The second-order valence-corrected chi connectivity index (χ2v) is 18.9. The molecule has 0 radical (unpaired) electrons. The molecule has 2 aliphatic carbocycles. The maximum Gasteiger partial charge on any atom is 0.245 e. The number of hydroxylamine groups is 2. The molecule has 4 heteroatoms. The number of amides is 1. The standard InChI is InChI=1S/C30H61N.C21H41NO2.2CH4/c1-5-7-9-11-13-17-21-25-30(31(3)4)26-22-18-14-16-20-24-29-27-28(29)23-19-15-12-10-8-6-2;1-4-5-6-7-9-12-15-19-18-20(19)16-13-10-8-11-14-17-21(23)22(2)24-3;;/h28-30H,5-27H2,1-4H3;19-20H,4-18H2,1-3H3;2*1H4. The van der Waals surface area contributed by atoms with Crippen LogP contribution < -0.4 is 0 Å². The molecule has 0 heterocycles. The van der Waals surface area contributed by atoms with Crippen LogP contribution in [-0.2, 0) is 9.63 Å². The van der Waals surface area contributed by atoms with Gasteiger partial charge in [0.1, 0.15) is 0 Å². The minimum absolute atomic E-state index is 0. The summed E-state index contributed by atoms with van der Waals surface area (Å²) in [4.78, 5) is 18.9. The lowest BCUT2D eigenvalue weighted by atomic mass is 9.99. The lowest BCUT2D eigenvalue weighted by molar-refractivity contribution is -0.168. The zero-order valence-electron chi connectivity index (χ0n) is 39.0. The van der Waals surface area contributed by atoms with Crippen LogP contribution in [-0.4, -0.2) is 50.2 Å². The number of unbranched alkanes of at least 4 members (excludes halogenated alkanes) is 24. The first kappa shape index (κ1) is 58.5. The third-order valence-corrected chi connectivity index (χ3v) is 13.6. The van der Waals surface area contributed by atoms with E-state index in [1.54, 1.807) is 26.3 Å². The molecule has 0 aliphatic heterocycles. The molecule has 5 unspecified atom stereocenters. The lowest BCUT2D eigenvalue weighted by Crippen LogP contribution is -2.27. The zero-order valence-corrected chi connectivity index (χ0v) is 39.0. The van der Waals surface area contributed by atoms with Crippen molar-refractivity contribution in [3.05, 3.63) is 0 Å². The van der Waals surface area contributed by atoms with Gasteiger partial charge in [0, 0.05) is 19.5 Å². The first-order valence-corrected chi connectivity index (χ1v) is 25.3. The molecular formula is C53H110N2O2. The normalized spacial score (nSPS) is 18.7. The average Bonchev–Trinajstić information content (AvgIpc) is 4.12. The van der Waals surface area contributed by atoms with Gasteiger partial charge in [0.2, 0.25) is 5.91 Å². The fourth-order valence-electron chi connectivity index (χ4n) is 9.20. The highest BCUT2D eigenvalue weighted by Gasteiger charge is 2.35. The third kappa shape index (κ3) is 35.8. The summed E-state index contributed by atoms with van der Waals surface area (Å²) >= 11 is 0. The zero-order chi connectivity index (χ0) is 40.2. The minimum Gasteiger partial charge on any atom is -0.306 e. The number of hydrogen-bond donors (Lipinski definition) is 0. The summed E-state index contributed by atoms with van der Waals surface area (Å²) in [5.74, 6) is 4.46. The highest BCUT2D eigenvalue weighted by atomic mass is 16.7. The summed E-state index contributed by atoms with van der Waals surface area (Å²) in [6.07, 6.45) is 53.6. The van der Waals surface area contributed by atoms with Crippen LogP contribution in [0.4, 0.5) is 0 Å². The highest BCUT2D eigenvalue weighted by molar-refractivity contribution is 5.74. The molecule has 0 spiro atoms. The lowest BCUT2D eigenvalue weighted by Gasteiger charge is -2.24. The summed E-state index contributed by atoms with van der Waals surface area (Å²) in [5, 5.41) is 1.33. The molecule has 2 rings (SSSR count). The van der Waals surface area contributed by atoms with Gasteiger partial charge >= 0.3 is 0 Å². The maximum atomic E-state index is 11.6. The molecule has 0 aromatic carbocycles. The monoisotopic (exact) mass is 807 g/mol. The van der Waals surface area contributed by atoms with Gasteiger partial charge in [-0.1, -0.05) is 241 Å². The van der Waals surface area contributed by atoms with Gasteiger partial charge in [-0.3, -0.25) is 9.63 Å². The Morgan fingerprint density at radius 2 is 0.737 bits per heavy atom. The van der Waals surface area contributed by atoms with Gasteiger partial charge in [-0.15, -0.1) is 0 Å². The van der Waals surface area contributed by atoms with Crippen molar-refractivity contribution in [3.8, 4) is 0 Å². The van der Waals surface area contributed by atoms with Gasteiger partial charge in [0.25, 0.3) is 0 Å². The van der Waals surface area contributed by atoms with E-state index in [0.717, 1.165) is 36.1 Å². The molecule has 1 amide bonds. The molecular weight excluding hydrogens is 697 g/mol. The third-order valence-electron chi connectivity index (χ3n) is 13.6. The Morgan fingerprint density at radius 1 is 0.456 bits per heavy atom. The van der Waals surface area contributed by atoms with E-state index in [0.29, 0.717) is 6.42 Å². The SMILES string of the molecule is C.C.CCCCCCCCC1CC1CCCCCCCC(=O)N(C)OC.CCCCCCCCCC(CCCCCCCC1CC1CCCCCCCC)N(C)C. The number of carbonyl (C=O) groups excluding carboxylic acids is 1. The molecule has 0 aromatic rings. The second-order valence-electron chi connectivity index (χ2n) is 18.9. The number of nitrogens with zero attached hydrogens (tertiary/aromatic N) is 2. The molecule has 2 saturated carbocycles. The Morgan fingerprint density at radius 3 is 1.04 bits per heavy atom. The summed E-state index contributed by atoms with van der Waals surface area (Å²) < 4.78 is 0. The van der Waals surface area contributed by atoms with Crippen LogP contribution in [0.5, 0.6) is 0 Å². The van der Waals surface area contributed by atoms with Crippen molar-refractivity contribution >= 4 is 5.91 Å². The quantitative estimate of drug-likeness (QED) is 0.0457. The Hall–Kier alpha value is -0.610. The Bertz CT molecular complexity index is 817. The van der Waals surface area contributed by atoms with Crippen LogP contribution in [0.15, 0.2) is 0 Å². The maximum absolute atomic E-state index is 11.6. The fraction of sp³-hybridized carbons (Fsp3) is 0.981. The van der Waals surface area contributed by atoms with Gasteiger partial charge in [-0.2, -0.15) is 0 Å². The second kappa shape index (κ2) is 42.1. The van der Waals surface area contributed by atoms with Crippen LogP contribution >= 0.6 is 0 Å². The van der Waals surface area contributed by atoms with Crippen molar-refractivity contribution in [2.24, 2.45) is 23.7 Å². The van der Waals surface area contributed by atoms with Gasteiger partial charge in [-0.05, 0) is 69.9 Å². The predicted molar refractivity (Wildman–Crippen MR) is 257 cm³/mol. The Balaban J connectivity index is 0. The van der Waals surface area contributed by atoms with E-state index in [1.165, 1.54) is 224 Å². The van der Waals surface area contributed by atoms with Crippen LogP contribution in [0.2, 0.25) is 0 Å². The van der Waals surface area contributed by atoms with Crippen molar-refractivity contribution in [3.63, 3.8) is 0 Å². The molecule has 2 fully saturated rings. The summed E-state index contributed by atoms with van der Waals surface area (Å²) in [6.45, 7) is 6.91. The molecule has 5 atom stereocenters. The van der Waals surface area contributed by atoms with Crippen molar-refractivity contribution in [1.82, 2.24) is 9.96 Å². The van der Waals surface area contributed by atoms with E-state index in [9.17, 15) is 4.79 Å². The number of rotatable bonds is 40. The van der Waals surface area contributed by atoms with E-state index in [-0.39, 0.29) is 20.8 Å². The Labute approximate surface area is 361 Å². The molecule has 4 nitrogen and oxygen atoms in total. The van der Waals surface area contributed by atoms with E-state index >= 15 is 0 Å². The van der Waals surface area contributed by atoms with Crippen LogP contribution in [0.25, 0.3) is 0 Å². The largest absolute Gasteiger partial charge is 0.306 e. The van der Waals surface area contributed by atoms with Crippen molar-refractivity contribution in [2.45, 2.75) is 286 Å². The topological polar surface area (TPSA) is 32.8 Å². The van der Waals surface area contributed by atoms with Gasteiger partial charge in [0.15, 0.2) is 0 Å². The fourth-order valence-corrected chi connectivity index (χ4v) is 9.20. The van der Waals surface area contributed by atoms with E-state index in [1.807, 2.05) is 0 Å². The van der Waals surface area contributed by atoms with Crippen molar-refractivity contribution in [2.75, 3.05) is 28.3 Å². The molecule has 2 aliphatic rings. The van der Waals surface area contributed by atoms with Crippen molar-refractivity contribution in [1.29, 1.82) is 0 Å². The highest BCUT2D eigenvalue weighted by Crippen LogP contribution is 2.46. The van der Waals surface area contributed by atoms with Gasteiger partial charge in [-0.25, -0.2) is 5.06 Å². The number of hydrogen-bond acceptors (Lipinski definition) is 3. The number of carbonyl (C=O) groups is 1. The first-order valence-electron chi connectivity index (χ1n) is 25.3. The Kier molecular flexibility index (Phi) is 43.2. The summed E-state index contributed by atoms with van der Waals surface area (Å²) in [7, 11) is 7.81. The molecule has 0 aromatic heterocycles. The minimum atomic E-state index is 0. The van der Waals surface area contributed by atoms with E-state index in [4.69, 9.17) is 4.84 Å². The molecule has 344 valence electrons.